The van der Waals surface area contributed by atoms with Gasteiger partial charge in [0.2, 0.25) is 5.95 Å². The Bertz CT molecular complexity index is 1060. The number of anilines is 2. The summed E-state index contributed by atoms with van der Waals surface area (Å²) >= 11 is 0. The van der Waals surface area contributed by atoms with Gasteiger partial charge in [0.05, 0.1) is 13.2 Å². The van der Waals surface area contributed by atoms with E-state index in [4.69, 9.17) is 4.74 Å². The number of rotatable bonds is 5. The Balaban J connectivity index is 1.87. The van der Waals surface area contributed by atoms with Gasteiger partial charge in [0.25, 0.3) is 5.56 Å². The number of hydrogen-bond acceptors (Lipinski definition) is 5. The molecule has 1 aliphatic rings. The van der Waals surface area contributed by atoms with Gasteiger partial charge in [0, 0.05) is 32.4 Å². The molecule has 0 unspecified atom stereocenters. The molecule has 0 atom stereocenters. The van der Waals surface area contributed by atoms with Gasteiger partial charge in [-0.15, -0.1) is 0 Å². The minimum Gasteiger partial charge on any atom is -0.380 e. The van der Waals surface area contributed by atoms with E-state index in [1.807, 2.05) is 41.8 Å². The van der Waals surface area contributed by atoms with Crippen LogP contribution < -0.4 is 16.1 Å². The molecule has 1 aliphatic heterocycles. The van der Waals surface area contributed by atoms with Gasteiger partial charge in [-0.2, -0.15) is 4.98 Å². The number of aromatic nitrogens is 4. The first-order valence-corrected chi connectivity index (χ1v) is 8.74. The lowest BCUT2D eigenvalue weighted by Crippen LogP contribution is -2.40. The number of benzene rings is 1. The SMILES string of the molecule is CCOCCn1c(=O)c2c(nc3n2CCN3c2ccccc2)n(C)c1=O. The summed E-state index contributed by atoms with van der Waals surface area (Å²) in [6.07, 6.45) is 0. The number of hydrogen-bond donors (Lipinski definition) is 0. The average molecular weight is 355 g/mol. The maximum absolute atomic E-state index is 13.0. The third-order valence-electron chi connectivity index (χ3n) is 4.73. The van der Waals surface area contributed by atoms with Crippen molar-refractivity contribution in [3.05, 3.63) is 51.2 Å². The first-order valence-electron chi connectivity index (χ1n) is 8.74. The number of ether oxygens (including phenoxy) is 1. The fraction of sp³-hybridized carbons (Fsp3) is 0.389. The lowest BCUT2D eigenvalue weighted by atomic mass is 10.3. The molecule has 0 aliphatic carbocycles. The van der Waals surface area contributed by atoms with Gasteiger partial charge in [-0.05, 0) is 19.1 Å². The molecule has 0 saturated carbocycles. The summed E-state index contributed by atoms with van der Waals surface area (Å²) in [5, 5.41) is 0. The lowest BCUT2D eigenvalue weighted by molar-refractivity contribution is 0.137. The molecule has 8 nitrogen and oxygen atoms in total. The summed E-state index contributed by atoms with van der Waals surface area (Å²) in [6.45, 7) is 4.38. The Morgan fingerprint density at radius 2 is 1.92 bits per heavy atom. The molecule has 26 heavy (non-hydrogen) atoms. The Morgan fingerprint density at radius 1 is 1.15 bits per heavy atom. The standard InChI is InChI=1S/C18H21N5O3/c1-3-26-12-11-23-16(24)14-15(20(2)18(23)25)19-17-21(9-10-22(14)17)13-7-5-4-6-8-13/h4-8H,3,9-12H2,1-2H3. The Morgan fingerprint density at radius 3 is 2.65 bits per heavy atom. The van der Waals surface area contributed by atoms with Crippen LogP contribution in [0.2, 0.25) is 0 Å². The van der Waals surface area contributed by atoms with Gasteiger partial charge in [0.15, 0.2) is 11.2 Å². The highest BCUT2D eigenvalue weighted by Gasteiger charge is 2.28. The molecule has 0 bridgehead atoms. The molecule has 0 radical (unpaired) electrons. The predicted octanol–water partition coefficient (Wildman–Crippen LogP) is 1.08. The number of nitrogens with zero attached hydrogens (tertiary/aromatic N) is 5. The topological polar surface area (TPSA) is 74.3 Å². The van der Waals surface area contributed by atoms with Crippen LogP contribution in [0.25, 0.3) is 11.2 Å². The van der Waals surface area contributed by atoms with E-state index < -0.39 is 0 Å². The smallest absolute Gasteiger partial charge is 0.332 e. The maximum atomic E-state index is 13.0. The molecule has 0 fully saturated rings. The zero-order chi connectivity index (χ0) is 18.3. The summed E-state index contributed by atoms with van der Waals surface area (Å²) in [7, 11) is 1.65. The van der Waals surface area contributed by atoms with Crippen molar-refractivity contribution in [1.82, 2.24) is 18.7 Å². The molecule has 3 aromatic rings. The Kier molecular flexibility index (Phi) is 4.12. The molecule has 0 N–H and O–H groups in total. The van der Waals surface area contributed by atoms with Crippen LogP contribution in [0.4, 0.5) is 11.6 Å². The van der Waals surface area contributed by atoms with Crippen molar-refractivity contribution in [3.8, 4) is 0 Å². The third-order valence-corrected chi connectivity index (χ3v) is 4.73. The third kappa shape index (κ3) is 2.45. The van der Waals surface area contributed by atoms with Crippen LogP contribution in [0.1, 0.15) is 6.92 Å². The van der Waals surface area contributed by atoms with Crippen molar-refractivity contribution >= 4 is 22.8 Å². The van der Waals surface area contributed by atoms with E-state index in [2.05, 4.69) is 9.88 Å². The summed E-state index contributed by atoms with van der Waals surface area (Å²) < 4.78 is 9.89. The molecule has 0 saturated heterocycles. The van der Waals surface area contributed by atoms with Crippen molar-refractivity contribution in [2.24, 2.45) is 7.05 Å². The fourth-order valence-electron chi connectivity index (χ4n) is 3.43. The van der Waals surface area contributed by atoms with Gasteiger partial charge in [-0.1, -0.05) is 18.2 Å². The predicted molar refractivity (Wildman–Crippen MR) is 99.2 cm³/mol. The normalized spacial score (nSPS) is 13.5. The molecule has 0 amide bonds. The molecule has 3 heterocycles. The second-order valence-electron chi connectivity index (χ2n) is 6.22. The molecule has 2 aromatic heterocycles. The Labute approximate surface area is 149 Å². The first-order chi connectivity index (χ1) is 12.6. The summed E-state index contributed by atoms with van der Waals surface area (Å²) in [4.78, 5) is 32.2. The van der Waals surface area contributed by atoms with Crippen LogP contribution in [-0.4, -0.2) is 38.4 Å². The molecular formula is C18H21N5O3. The van der Waals surface area contributed by atoms with Crippen molar-refractivity contribution in [3.63, 3.8) is 0 Å². The van der Waals surface area contributed by atoms with Gasteiger partial charge in [-0.25, -0.2) is 4.79 Å². The minimum atomic E-state index is -0.370. The van der Waals surface area contributed by atoms with Crippen molar-refractivity contribution < 1.29 is 4.74 Å². The van der Waals surface area contributed by atoms with Gasteiger partial charge >= 0.3 is 5.69 Å². The fourth-order valence-corrected chi connectivity index (χ4v) is 3.43. The Hall–Kier alpha value is -2.87. The zero-order valence-corrected chi connectivity index (χ0v) is 14.9. The average Bonchev–Trinajstić information content (AvgIpc) is 3.23. The van der Waals surface area contributed by atoms with Crippen LogP contribution in [0.5, 0.6) is 0 Å². The monoisotopic (exact) mass is 355 g/mol. The van der Waals surface area contributed by atoms with E-state index in [1.165, 1.54) is 9.13 Å². The quantitative estimate of drug-likeness (QED) is 0.641. The van der Waals surface area contributed by atoms with Crippen LogP contribution in [0, 0.1) is 0 Å². The van der Waals surface area contributed by atoms with E-state index >= 15 is 0 Å². The highest BCUT2D eigenvalue weighted by Crippen LogP contribution is 2.31. The number of para-hydroxylation sites is 1. The number of fused-ring (bicyclic) bond motifs is 3. The highest BCUT2D eigenvalue weighted by atomic mass is 16.5. The number of aryl methyl sites for hydroxylation is 1. The van der Waals surface area contributed by atoms with Crippen molar-refractivity contribution in [2.75, 3.05) is 24.7 Å². The van der Waals surface area contributed by atoms with Crippen molar-refractivity contribution in [2.45, 2.75) is 20.0 Å². The molecule has 4 rings (SSSR count). The largest absolute Gasteiger partial charge is 0.380 e. The van der Waals surface area contributed by atoms with Gasteiger partial charge < -0.3 is 14.2 Å². The van der Waals surface area contributed by atoms with E-state index in [0.717, 1.165) is 12.2 Å². The summed E-state index contributed by atoms with van der Waals surface area (Å²) in [6, 6.07) is 9.92. The maximum Gasteiger partial charge on any atom is 0.332 e. The van der Waals surface area contributed by atoms with Gasteiger partial charge in [-0.3, -0.25) is 13.9 Å². The molecule has 1 aromatic carbocycles. The van der Waals surface area contributed by atoms with Crippen LogP contribution in [-0.2, 0) is 24.9 Å². The molecule has 0 spiro atoms. The van der Waals surface area contributed by atoms with E-state index in [-0.39, 0.29) is 17.8 Å². The second kappa shape index (κ2) is 6.45. The summed E-state index contributed by atoms with van der Waals surface area (Å²) in [5.41, 5.74) is 1.23. The van der Waals surface area contributed by atoms with Crippen LogP contribution >= 0.6 is 0 Å². The van der Waals surface area contributed by atoms with E-state index in [1.54, 1.807) is 7.05 Å². The molecular weight excluding hydrogens is 334 g/mol. The number of imidazole rings is 1. The van der Waals surface area contributed by atoms with Crippen LogP contribution in [0.15, 0.2) is 39.9 Å². The molecule has 8 heteroatoms. The first kappa shape index (κ1) is 16.6. The van der Waals surface area contributed by atoms with E-state index in [9.17, 15) is 9.59 Å². The van der Waals surface area contributed by atoms with Crippen LogP contribution in [0.3, 0.4) is 0 Å². The summed E-state index contributed by atoms with van der Waals surface area (Å²) in [5.74, 6) is 0.695. The second-order valence-corrected chi connectivity index (χ2v) is 6.22. The zero-order valence-electron chi connectivity index (χ0n) is 14.9. The minimum absolute atomic E-state index is 0.234. The molecule has 136 valence electrons. The lowest BCUT2D eigenvalue weighted by Gasteiger charge is -2.15. The van der Waals surface area contributed by atoms with E-state index in [0.29, 0.717) is 36.9 Å². The highest BCUT2D eigenvalue weighted by molar-refractivity contribution is 5.77. The van der Waals surface area contributed by atoms with Crippen molar-refractivity contribution in [1.29, 1.82) is 0 Å². The van der Waals surface area contributed by atoms with Gasteiger partial charge in [0.1, 0.15) is 0 Å².